The second-order valence-electron chi connectivity index (χ2n) is 8.71. The monoisotopic (exact) mass is 492 g/mol. The average molecular weight is 492 g/mol. The molecular formula is C26H24N2O8. The van der Waals surface area contributed by atoms with Gasteiger partial charge in [0.05, 0.1) is 29.6 Å². The van der Waals surface area contributed by atoms with Crippen molar-refractivity contribution in [1.29, 1.82) is 0 Å². The van der Waals surface area contributed by atoms with Crippen LogP contribution in [0.15, 0.2) is 58.9 Å². The zero-order chi connectivity index (χ0) is 25.4. The predicted octanol–water partition coefficient (Wildman–Crippen LogP) is 4.04. The maximum atomic E-state index is 13.5. The van der Waals surface area contributed by atoms with Gasteiger partial charge in [-0.2, -0.15) is 0 Å². The van der Waals surface area contributed by atoms with Crippen LogP contribution in [0.1, 0.15) is 43.2 Å². The second-order valence-corrected chi connectivity index (χ2v) is 8.71. The molecule has 5 rings (SSSR count). The van der Waals surface area contributed by atoms with Crippen LogP contribution >= 0.6 is 0 Å². The highest BCUT2D eigenvalue weighted by molar-refractivity contribution is 6.04. The Morgan fingerprint density at radius 2 is 1.89 bits per heavy atom. The maximum absolute atomic E-state index is 13.5. The summed E-state index contributed by atoms with van der Waals surface area (Å²) in [5.41, 5.74) is 2.33. The largest absolute Gasteiger partial charge is 0.497 e. The van der Waals surface area contributed by atoms with Gasteiger partial charge in [0.15, 0.2) is 17.3 Å². The lowest BCUT2D eigenvalue weighted by molar-refractivity contribution is -0.385. The van der Waals surface area contributed by atoms with Gasteiger partial charge in [0.2, 0.25) is 6.79 Å². The molecule has 0 spiro atoms. The lowest BCUT2D eigenvalue weighted by atomic mass is 9.74. The number of fused-ring (bicyclic) bond motifs is 1. The number of ketones is 1. The maximum Gasteiger partial charge on any atom is 0.337 e. The number of nitrogens with zero attached hydrogens (tertiary/aromatic N) is 1. The van der Waals surface area contributed by atoms with Gasteiger partial charge in [-0.25, -0.2) is 4.79 Å². The molecule has 0 radical (unpaired) electrons. The standard InChI is InChI=1S/C26H24N2O8/c1-14-23(26(30)34-12-15-6-8-16(33-2)9-7-15)24(25-18(27-14)4-3-5-20(25)29)17-10-21-22(36-13-35-21)11-19(17)28(31)32/h6-11,24,27H,3-5,12-13H2,1-2H3/t24-/m1/s1. The van der Waals surface area contributed by atoms with Crippen molar-refractivity contribution in [3.8, 4) is 17.2 Å². The van der Waals surface area contributed by atoms with Gasteiger partial charge >= 0.3 is 5.97 Å². The average Bonchev–Trinajstić information content (AvgIpc) is 3.34. The molecule has 1 aliphatic carbocycles. The summed E-state index contributed by atoms with van der Waals surface area (Å²) in [6, 6.07) is 9.84. The number of carbonyl (C=O) groups excluding carboxylic acids is 2. The van der Waals surface area contributed by atoms with Crippen LogP contribution in [0.2, 0.25) is 0 Å². The molecule has 10 nitrogen and oxygen atoms in total. The molecule has 3 aliphatic rings. The SMILES string of the molecule is COc1ccc(COC(=O)C2=C(C)NC3=C(C(=O)CCC3)[C@@H]2c2cc3c(cc2[N+](=O)[O-])OCO3)cc1. The molecule has 1 N–H and O–H groups in total. The van der Waals surface area contributed by atoms with E-state index in [0.29, 0.717) is 47.7 Å². The number of rotatable bonds is 6. The molecule has 0 aromatic heterocycles. The molecule has 186 valence electrons. The summed E-state index contributed by atoms with van der Waals surface area (Å²) < 4.78 is 21.6. The quantitative estimate of drug-likeness (QED) is 0.361. The summed E-state index contributed by atoms with van der Waals surface area (Å²) in [6.07, 6.45) is 1.55. The van der Waals surface area contributed by atoms with Crippen LogP contribution in [-0.4, -0.2) is 30.6 Å². The first kappa shape index (κ1) is 23.4. The molecular weight excluding hydrogens is 468 g/mol. The summed E-state index contributed by atoms with van der Waals surface area (Å²) in [5, 5.41) is 15.3. The number of ether oxygens (including phenoxy) is 4. The minimum atomic E-state index is -0.979. The zero-order valence-electron chi connectivity index (χ0n) is 19.8. The topological polar surface area (TPSA) is 126 Å². The third kappa shape index (κ3) is 4.15. The smallest absolute Gasteiger partial charge is 0.337 e. The summed E-state index contributed by atoms with van der Waals surface area (Å²) >= 11 is 0. The first-order valence-electron chi connectivity index (χ1n) is 11.5. The predicted molar refractivity (Wildman–Crippen MR) is 126 cm³/mol. The molecule has 1 atom stereocenters. The Balaban J connectivity index is 1.57. The van der Waals surface area contributed by atoms with Crippen molar-refractivity contribution in [3.05, 3.63) is 80.2 Å². The van der Waals surface area contributed by atoms with E-state index in [0.717, 1.165) is 5.56 Å². The normalized spacial score (nSPS) is 18.5. The van der Waals surface area contributed by atoms with Crippen molar-refractivity contribution < 1.29 is 33.5 Å². The third-order valence-electron chi connectivity index (χ3n) is 6.55. The van der Waals surface area contributed by atoms with Gasteiger partial charge in [0.25, 0.3) is 5.69 Å². The lowest BCUT2D eigenvalue weighted by Crippen LogP contribution is -2.34. The van der Waals surface area contributed by atoms with Gasteiger partial charge in [-0.15, -0.1) is 0 Å². The third-order valence-corrected chi connectivity index (χ3v) is 6.55. The van der Waals surface area contributed by atoms with Crippen molar-refractivity contribution >= 4 is 17.4 Å². The molecule has 0 bridgehead atoms. The second kappa shape index (κ2) is 9.37. The molecule has 0 saturated heterocycles. The molecule has 0 saturated carbocycles. The molecule has 0 amide bonds. The molecule has 0 fully saturated rings. The molecule has 2 aliphatic heterocycles. The molecule has 2 heterocycles. The number of carbonyl (C=O) groups is 2. The van der Waals surface area contributed by atoms with Crippen LogP contribution in [0.5, 0.6) is 17.2 Å². The highest BCUT2D eigenvalue weighted by Crippen LogP contribution is 2.48. The number of allylic oxidation sites excluding steroid dienone is 3. The minimum absolute atomic E-state index is 0.0184. The Morgan fingerprint density at radius 3 is 2.58 bits per heavy atom. The van der Waals surface area contributed by atoms with E-state index >= 15 is 0 Å². The number of nitro groups is 1. The van der Waals surface area contributed by atoms with E-state index in [2.05, 4.69) is 5.32 Å². The van der Waals surface area contributed by atoms with Gasteiger partial charge in [-0.1, -0.05) is 12.1 Å². The van der Waals surface area contributed by atoms with E-state index < -0.39 is 16.8 Å². The number of hydrogen-bond acceptors (Lipinski definition) is 9. The number of nitro benzene ring substituents is 1. The Morgan fingerprint density at radius 1 is 1.17 bits per heavy atom. The van der Waals surface area contributed by atoms with Crippen molar-refractivity contribution in [2.75, 3.05) is 13.9 Å². The number of methoxy groups -OCH3 is 1. The van der Waals surface area contributed by atoms with Gasteiger partial charge in [-0.3, -0.25) is 14.9 Å². The Bertz CT molecular complexity index is 1330. The van der Waals surface area contributed by atoms with Gasteiger partial charge in [-0.05, 0) is 43.5 Å². The zero-order valence-corrected chi connectivity index (χ0v) is 19.8. The van der Waals surface area contributed by atoms with Crippen LogP contribution in [-0.2, 0) is 20.9 Å². The Hall–Kier alpha value is -4.34. The summed E-state index contributed by atoms with van der Waals surface area (Å²) in [6.45, 7) is 1.62. The fourth-order valence-corrected chi connectivity index (χ4v) is 4.85. The van der Waals surface area contributed by atoms with Gasteiger partial charge in [0.1, 0.15) is 12.4 Å². The molecule has 36 heavy (non-hydrogen) atoms. The lowest BCUT2D eigenvalue weighted by Gasteiger charge is -2.34. The van der Waals surface area contributed by atoms with Crippen LogP contribution in [0.4, 0.5) is 5.69 Å². The van der Waals surface area contributed by atoms with Gasteiger partial charge < -0.3 is 24.3 Å². The summed E-state index contributed by atoms with van der Waals surface area (Å²) in [7, 11) is 1.56. The summed E-state index contributed by atoms with van der Waals surface area (Å²) in [4.78, 5) is 38.1. The number of dihydropyridines is 1. The minimum Gasteiger partial charge on any atom is -0.497 e. The molecule has 0 unspecified atom stereocenters. The van der Waals surface area contributed by atoms with Crippen LogP contribution in [0.25, 0.3) is 0 Å². The van der Waals surface area contributed by atoms with E-state index in [-0.39, 0.29) is 41.8 Å². The Kier molecular flexibility index (Phi) is 6.09. The number of benzene rings is 2. The Labute approximate surface area is 206 Å². The fraction of sp³-hybridized carbons (Fsp3) is 0.308. The molecule has 10 heteroatoms. The van der Waals surface area contributed by atoms with Crippen molar-refractivity contribution in [1.82, 2.24) is 5.32 Å². The summed E-state index contributed by atoms with van der Waals surface area (Å²) in [5.74, 6) is -0.569. The van der Waals surface area contributed by atoms with E-state index in [1.54, 1.807) is 38.3 Å². The fourth-order valence-electron chi connectivity index (χ4n) is 4.85. The van der Waals surface area contributed by atoms with E-state index in [1.165, 1.54) is 12.1 Å². The highest BCUT2D eigenvalue weighted by Gasteiger charge is 2.42. The first-order valence-corrected chi connectivity index (χ1v) is 11.5. The number of esters is 1. The number of nitrogens with one attached hydrogen (secondary N) is 1. The van der Waals surface area contributed by atoms with Crippen LogP contribution in [0.3, 0.4) is 0 Å². The van der Waals surface area contributed by atoms with E-state index in [1.807, 2.05) is 0 Å². The van der Waals surface area contributed by atoms with Crippen LogP contribution in [0, 0.1) is 10.1 Å². The van der Waals surface area contributed by atoms with Crippen molar-refractivity contribution in [3.63, 3.8) is 0 Å². The van der Waals surface area contributed by atoms with Crippen LogP contribution < -0.4 is 19.5 Å². The number of hydrogen-bond donors (Lipinski definition) is 1. The molecule has 2 aromatic carbocycles. The van der Waals surface area contributed by atoms with Gasteiger partial charge in [0, 0.05) is 29.0 Å². The molecule has 2 aromatic rings. The van der Waals surface area contributed by atoms with Crippen molar-refractivity contribution in [2.24, 2.45) is 0 Å². The van der Waals surface area contributed by atoms with E-state index in [9.17, 15) is 19.7 Å². The number of Topliss-reactive ketones (excluding diaryl/α,β-unsaturated/α-hetero) is 1. The highest BCUT2D eigenvalue weighted by atomic mass is 16.7. The van der Waals surface area contributed by atoms with Crippen molar-refractivity contribution in [2.45, 2.75) is 38.7 Å². The van der Waals surface area contributed by atoms with E-state index in [4.69, 9.17) is 18.9 Å². The first-order chi connectivity index (χ1) is 17.4.